The summed E-state index contributed by atoms with van der Waals surface area (Å²) in [7, 11) is 0. The molecule has 0 spiro atoms. The number of aryl methyl sites for hydroxylation is 2. The maximum atomic E-state index is 14.0. The van der Waals surface area contributed by atoms with Crippen LogP contribution in [0.25, 0.3) is 21.3 Å². The van der Waals surface area contributed by atoms with Gasteiger partial charge in [-0.2, -0.15) is 0 Å². The van der Waals surface area contributed by atoms with Crippen LogP contribution in [0.3, 0.4) is 0 Å². The lowest BCUT2D eigenvalue weighted by Gasteiger charge is -2.34. The summed E-state index contributed by atoms with van der Waals surface area (Å²) < 4.78 is 14.0. The Bertz CT molecular complexity index is 1340. The molecule has 33 heavy (non-hydrogen) atoms. The first kappa shape index (κ1) is 21.9. The average molecular weight is 463 g/mol. The van der Waals surface area contributed by atoms with Crippen LogP contribution in [0.4, 0.5) is 4.39 Å². The lowest BCUT2D eigenvalue weighted by Crippen LogP contribution is -2.45. The number of thiophene rings is 1. The quantitative estimate of drug-likeness (QED) is 0.466. The van der Waals surface area contributed by atoms with E-state index >= 15 is 0 Å². The van der Waals surface area contributed by atoms with E-state index in [0.717, 1.165) is 52.6 Å². The molecule has 170 valence electrons. The molecule has 0 atom stereocenters. The minimum absolute atomic E-state index is 0.0758. The molecule has 1 fully saturated rings. The van der Waals surface area contributed by atoms with Crippen LogP contribution >= 0.6 is 11.3 Å². The maximum Gasteiger partial charge on any atom is 0.260 e. The third-order valence-electron chi connectivity index (χ3n) is 6.32. The zero-order valence-corrected chi connectivity index (χ0v) is 19.7. The number of hydrogen-bond acceptors (Lipinski definition) is 5. The predicted octanol–water partition coefficient (Wildman–Crippen LogP) is 4.73. The highest BCUT2D eigenvalue weighted by molar-refractivity contribution is 7.19. The van der Waals surface area contributed by atoms with Gasteiger partial charge in [-0.1, -0.05) is 48.0 Å². The van der Waals surface area contributed by atoms with Crippen molar-refractivity contribution in [2.75, 3.05) is 26.2 Å². The second-order valence-corrected chi connectivity index (χ2v) is 9.94. The number of halogens is 1. The average Bonchev–Trinajstić information content (AvgIpc) is 3.13. The Hall–Kier alpha value is -2.87. The van der Waals surface area contributed by atoms with Crippen molar-refractivity contribution in [1.82, 2.24) is 19.8 Å². The smallest absolute Gasteiger partial charge is 0.260 e. The fourth-order valence-electron chi connectivity index (χ4n) is 4.49. The Morgan fingerprint density at radius 3 is 2.33 bits per heavy atom. The van der Waals surface area contributed by atoms with Gasteiger partial charge in [0.2, 0.25) is 0 Å². The molecule has 1 aliphatic rings. The van der Waals surface area contributed by atoms with E-state index in [9.17, 15) is 9.18 Å². The molecular weight excluding hydrogens is 435 g/mol. The van der Waals surface area contributed by atoms with Crippen LogP contribution in [0.5, 0.6) is 0 Å². The summed E-state index contributed by atoms with van der Waals surface area (Å²) in [6, 6.07) is 15.2. The van der Waals surface area contributed by atoms with Crippen LogP contribution in [0.15, 0.2) is 53.3 Å². The summed E-state index contributed by atoms with van der Waals surface area (Å²) in [5.41, 5.74) is 3.89. The number of fused-ring (bicyclic) bond motifs is 1. The molecule has 3 heterocycles. The molecule has 0 aliphatic carbocycles. The number of aromatic nitrogens is 2. The fraction of sp³-hybridized carbons (Fsp3) is 0.308. The third kappa shape index (κ3) is 4.62. The Morgan fingerprint density at radius 1 is 0.970 bits per heavy atom. The number of nitrogens with zero attached hydrogens (tertiary/aromatic N) is 3. The number of benzene rings is 2. The molecular formula is C26H27FN4OS. The van der Waals surface area contributed by atoms with E-state index in [1.807, 2.05) is 12.1 Å². The van der Waals surface area contributed by atoms with E-state index in [1.165, 1.54) is 11.6 Å². The third-order valence-corrected chi connectivity index (χ3v) is 7.32. The fourth-order valence-corrected chi connectivity index (χ4v) is 5.56. The second-order valence-electron chi connectivity index (χ2n) is 8.74. The normalized spacial score (nSPS) is 15.4. The Balaban J connectivity index is 1.30. The van der Waals surface area contributed by atoms with Crippen LogP contribution in [-0.4, -0.2) is 45.9 Å². The van der Waals surface area contributed by atoms with Crippen LogP contribution in [0, 0.1) is 19.7 Å². The SMILES string of the molecule is Cc1ccc(-c2c(C)sc3nc(CN4CCN(Cc5ccccc5F)CC4)[nH]c(=O)c23)cc1. The molecule has 5 nitrogen and oxygen atoms in total. The lowest BCUT2D eigenvalue weighted by atomic mass is 10.0. The largest absolute Gasteiger partial charge is 0.309 e. The molecule has 0 amide bonds. The van der Waals surface area contributed by atoms with E-state index in [4.69, 9.17) is 4.98 Å². The van der Waals surface area contributed by atoms with Gasteiger partial charge in [0, 0.05) is 48.7 Å². The van der Waals surface area contributed by atoms with Crippen molar-refractivity contribution in [1.29, 1.82) is 0 Å². The Morgan fingerprint density at radius 2 is 1.64 bits per heavy atom. The first-order chi connectivity index (χ1) is 16.0. The van der Waals surface area contributed by atoms with Crippen LogP contribution in [0.1, 0.15) is 21.8 Å². The van der Waals surface area contributed by atoms with Gasteiger partial charge in [-0.15, -0.1) is 11.3 Å². The lowest BCUT2D eigenvalue weighted by molar-refractivity contribution is 0.119. The van der Waals surface area contributed by atoms with E-state index in [0.29, 0.717) is 24.3 Å². The monoisotopic (exact) mass is 462 g/mol. The van der Waals surface area contributed by atoms with Gasteiger partial charge in [-0.05, 0) is 25.5 Å². The van der Waals surface area contributed by atoms with Gasteiger partial charge >= 0.3 is 0 Å². The van der Waals surface area contributed by atoms with Crippen LogP contribution < -0.4 is 5.56 Å². The maximum absolute atomic E-state index is 14.0. The van der Waals surface area contributed by atoms with Crippen LogP contribution in [-0.2, 0) is 13.1 Å². The van der Waals surface area contributed by atoms with E-state index in [1.54, 1.807) is 17.4 Å². The van der Waals surface area contributed by atoms with Crippen molar-refractivity contribution < 1.29 is 4.39 Å². The molecule has 2 aromatic heterocycles. The predicted molar refractivity (Wildman–Crippen MR) is 132 cm³/mol. The van der Waals surface area contributed by atoms with Gasteiger partial charge in [0.1, 0.15) is 16.5 Å². The number of nitrogens with one attached hydrogen (secondary N) is 1. The Kier molecular flexibility index (Phi) is 6.10. The summed E-state index contributed by atoms with van der Waals surface area (Å²) in [6.45, 7) is 8.76. The minimum Gasteiger partial charge on any atom is -0.309 e. The molecule has 1 N–H and O–H groups in total. The first-order valence-corrected chi connectivity index (χ1v) is 12.1. The van der Waals surface area contributed by atoms with Gasteiger partial charge < -0.3 is 4.98 Å². The van der Waals surface area contributed by atoms with Gasteiger partial charge in [0.25, 0.3) is 5.56 Å². The molecule has 0 unspecified atom stereocenters. The molecule has 5 rings (SSSR count). The van der Waals surface area contributed by atoms with Gasteiger partial charge in [0.15, 0.2) is 0 Å². The number of aromatic amines is 1. The van der Waals surface area contributed by atoms with Crippen molar-refractivity contribution >= 4 is 21.6 Å². The summed E-state index contributed by atoms with van der Waals surface area (Å²) >= 11 is 1.58. The van der Waals surface area contributed by atoms with Crippen molar-refractivity contribution in [3.8, 4) is 11.1 Å². The molecule has 0 radical (unpaired) electrons. The molecule has 4 aromatic rings. The van der Waals surface area contributed by atoms with Crippen molar-refractivity contribution in [3.05, 3.63) is 86.5 Å². The standard InChI is InChI=1S/C26H27FN4OS/c1-17-7-9-19(10-8-17)23-18(2)33-26-24(23)25(32)28-22(29-26)16-31-13-11-30(12-14-31)15-20-5-3-4-6-21(20)27/h3-10H,11-16H2,1-2H3,(H,28,29,32). The molecule has 7 heteroatoms. The number of piperazine rings is 1. The van der Waals surface area contributed by atoms with Crippen molar-refractivity contribution in [2.45, 2.75) is 26.9 Å². The zero-order valence-electron chi connectivity index (χ0n) is 18.9. The summed E-state index contributed by atoms with van der Waals surface area (Å²) in [6.07, 6.45) is 0. The Labute approximate surface area is 196 Å². The van der Waals surface area contributed by atoms with Gasteiger partial charge in [-0.25, -0.2) is 9.37 Å². The van der Waals surface area contributed by atoms with E-state index < -0.39 is 0 Å². The molecule has 1 saturated heterocycles. The first-order valence-electron chi connectivity index (χ1n) is 11.3. The highest BCUT2D eigenvalue weighted by Gasteiger charge is 2.21. The number of hydrogen-bond donors (Lipinski definition) is 1. The minimum atomic E-state index is -0.147. The van der Waals surface area contributed by atoms with Gasteiger partial charge in [-0.3, -0.25) is 14.6 Å². The van der Waals surface area contributed by atoms with E-state index in [2.05, 4.69) is 52.9 Å². The second kappa shape index (κ2) is 9.17. The van der Waals surface area contributed by atoms with Crippen molar-refractivity contribution in [2.24, 2.45) is 0 Å². The van der Waals surface area contributed by atoms with Crippen molar-refractivity contribution in [3.63, 3.8) is 0 Å². The molecule has 1 aliphatic heterocycles. The summed E-state index contributed by atoms with van der Waals surface area (Å²) in [4.78, 5) is 27.3. The molecule has 0 bridgehead atoms. The molecule has 0 saturated carbocycles. The number of H-pyrrole nitrogens is 1. The molecule has 2 aromatic carbocycles. The summed E-state index contributed by atoms with van der Waals surface area (Å²) in [5.74, 6) is 0.554. The topological polar surface area (TPSA) is 52.2 Å². The van der Waals surface area contributed by atoms with Crippen LogP contribution in [0.2, 0.25) is 0 Å². The number of rotatable bonds is 5. The van der Waals surface area contributed by atoms with Gasteiger partial charge in [0.05, 0.1) is 11.9 Å². The highest BCUT2D eigenvalue weighted by atomic mass is 32.1. The van der Waals surface area contributed by atoms with E-state index in [-0.39, 0.29) is 11.4 Å². The summed E-state index contributed by atoms with van der Waals surface area (Å²) in [5, 5.41) is 0.680. The zero-order chi connectivity index (χ0) is 22.9. The highest BCUT2D eigenvalue weighted by Crippen LogP contribution is 2.35.